The second-order valence-electron chi connectivity index (χ2n) is 4.73. The molecular weight excluding hydrogens is 222 g/mol. The number of nitrogens with zero attached hydrogens (tertiary/aromatic N) is 1. The number of carbonyl (C=O) groups is 2. The molecule has 5 nitrogen and oxygen atoms in total. The summed E-state index contributed by atoms with van der Waals surface area (Å²) in [4.78, 5) is 23.7. The second-order valence-corrected chi connectivity index (χ2v) is 4.73. The van der Waals surface area contributed by atoms with Gasteiger partial charge in [0, 0.05) is 18.2 Å². The SMILES string of the molecule is CCOC(=O)/C=C1\CCN(C(=O)O)C(C)(C)C1. The van der Waals surface area contributed by atoms with E-state index in [1.54, 1.807) is 6.92 Å². The zero-order valence-corrected chi connectivity index (χ0v) is 10.5. The van der Waals surface area contributed by atoms with Gasteiger partial charge < -0.3 is 14.7 Å². The van der Waals surface area contributed by atoms with Gasteiger partial charge >= 0.3 is 12.1 Å². The summed E-state index contributed by atoms with van der Waals surface area (Å²) in [6.45, 7) is 6.26. The summed E-state index contributed by atoms with van der Waals surface area (Å²) < 4.78 is 4.84. The van der Waals surface area contributed by atoms with Crippen LogP contribution in [0.1, 0.15) is 33.6 Å². The van der Waals surface area contributed by atoms with Crippen molar-refractivity contribution < 1.29 is 19.4 Å². The molecule has 0 saturated carbocycles. The molecule has 1 aliphatic heterocycles. The molecule has 0 bridgehead atoms. The topological polar surface area (TPSA) is 66.8 Å². The summed E-state index contributed by atoms with van der Waals surface area (Å²) in [5.41, 5.74) is 0.480. The fraction of sp³-hybridized carbons (Fsp3) is 0.667. The first kappa shape index (κ1) is 13.5. The van der Waals surface area contributed by atoms with Crippen LogP contribution >= 0.6 is 0 Å². The summed E-state index contributed by atoms with van der Waals surface area (Å²) in [7, 11) is 0. The van der Waals surface area contributed by atoms with Crippen LogP contribution in [0.15, 0.2) is 11.6 Å². The fourth-order valence-corrected chi connectivity index (χ4v) is 2.13. The van der Waals surface area contributed by atoms with Gasteiger partial charge in [-0.15, -0.1) is 0 Å². The molecule has 0 aromatic rings. The highest BCUT2D eigenvalue weighted by Crippen LogP contribution is 2.30. The first-order valence-corrected chi connectivity index (χ1v) is 5.73. The van der Waals surface area contributed by atoms with Gasteiger partial charge in [-0.05, 0) is 33.6 Å². The Labute approximate surface area is 101 Å². The van der Waals surface area contributed by atoms with Crippen molar-refractivity contribution in [2.75, 3.05) is 13.2 Å². The number of ether oxygens (including phenoxy) is 1. The van der Waals surface area contributed by atoms with E-state index in [0.717, 1.165) is 5.57 Å². The summed E-state index contributed by atoms with van der Waals surface area (Å²) >= 11 is 0. The van der Waals surface area contributed by atoms with Crippen molar-refractivity contribution >= 4 is 12.1 Å². The molecule has 0 spiro atoms. The van der Waals surface area contributed by atoms with E-state index in [2.05, 4.69) is 0 Å². The van der Waals surface area contributed by atoms with E-state index in [1.165, 1.54) is 11.0 Å². The Morgan fingerprint density at radius 3 is 2.65 bits per heavy atom. The maximum atomic E-state index is 11.3. The normalized spacial score (nSPS) is 21.4. The average Bonchev–Trinajstić information content (AvgIpc) is 2.15. The van der Waals surface area contributed by atoms with Gasteiger partial charge in [0.05, 0.1) is 6.61 Å². The minimum absolute atomic E-state index is 0.345. The number of likely N-dealkylation sites (tertiary alicyclic amines) is 1. The number of rotatable bonds is 2. The summed E-state index contributed by atoms with van der Waals surface area (Å²) in [6.07, 6.45) is 1.74. The summed E-state index contributed by atoms with van der Waals surface area (Å²) in [5, 5.41) is 9.04. The molecule has 5 heteroatoms. The van der Waals surface area contributed by atoms with Gasteiger partial charge in [0.1, 0.15) is 0 Å². The van der Waals surface area contributed by atoms with Crippen LogP contribution in [0.5, 0.6) is 0 Å². The van der Waals surface area contributed by atoms with E-state index >= 15 is 0 Å². The van der Waals surface area contributed by atoms with Gasteiger partial charge in [0.2, 0.25) is 0 Å². The van der Waals surface area contributed by atoms with E-state index in [4.69, 9.17) is 9.84 Å². The Bertz CT molecular complexity index is 346. The third-order valence-corrected chi connectivity index (χ3v) is 2.89. The first-order chi connectivity index (χ1) is 7.86. The van der Waals surface area contributed by atoms with Crippen LogP contribution in [0, 0.1) is 0 Å². The van der Waals surface area contributed by atoms with Crippen molar-refractivity contribution in [3.05, 3.63) is 11.6 Å². The number of hydrogen-bond acceptors (Lipinski definition) is 3. The van der Waals surface area contributed by atoms with Gasteiger partial charge in [0.25, 0.3) is 0 Å². The summed E-state index contributed by atoms with van der Waals surface area (Å²) in [5.74, 6) is -0.345. The number of amides is 1. The van der Waals surface area contributed by atoms with E-state index in [-0.39, 0.29) is 5.97 Å². The van der Waals surface area contributed by atoms with Crippen LogP contribution in [0.4, 0.5) is 4.79 Å². The number of carboxylic acid groups (broad SMARTS) is 1. The number of hydrogen-bond donors (Lipinski definition) is 1. The van der Waals surface area contributed by atoms with Crippen LogP contribution < -0.4 is 0 Å². The highest BCUT2D eigenvalue weighted by molar-refractivity contribution is 5.83. The number of esters is 1. The zero-order valence-electron chi connectivity index (χ0n) is 10.5. The molecule has 1 amide bonds. The third-order valence-electron chi connectivity index (χ3n) is 2.89. The molecule has 96 valence electrons. The Hall–Kier alpha value is -1.52. The highest BCUT2D eigenvalue weighted by atomic mass is 16.5. The standard InChI is InChI=1S/C12H19NO4/c1-4-17-10(14)7-9-5-6-13(11(15)16)12(2,3)8-9/h7H,4-6,8H2,1-3H3,(H,15,16)/b9-7+. The second kappa shape index (κ2) is 5.21. The van der Waals surface area contributed by atoms with Crippen molar-refractivity contribution in [2.45, 2.75) is 39.2 Å². The number of carbonyl (C=O) groups excluding carboxylic acids is 1. The molecule has 0 unspecified atom stereocenters. The fourth-order valence-electron chi connectivity index (χ4n) is 2.13. The third kappa shape index (κ3) is 3.47. The summed E-state index contributed by atoms with van der Waals surface area (Å²) in [6, 6.07) is 0. The van der Waals surface area contributed by atoms with Crippen molar-refractivity contribution in [3.8, 4) is 0 Å². The largest absolute Gasteiger partial charge is 0.465 e. The average molecular weight is 241 g/mol. The van der Waals surface area contributed by atoms with Crippen molar-refractivity contribution in [2.24, 2.45) is 0 Å². The predicted octanol–water partition coefficient (Wildman–Crippen LogP) is 2.03. The van der Waals surface area contributed by atoms with Crippen molar-refractivity contribution in [1.29, 1.82) is 0 Å². The van der Waals surface area contributed by atoms with Crippen LogP contribution in [0.25, 0.3) is 0 Å². The van der Waals surface area contributed by atoms with E-state index in [0.29, 0.717) is 26.0 Å². The van der Waals surface area contributed by atoms with Gasteiger partial charge in [0.15, 0.2) is 0 Å². The molecule has 1 saturated heterocycles. The monoisotopic (exact) mass is 241 g/mol. The van der Waals surface area contributed by atoms with E-state index < -0.39 is 11.6 Å². The lowest BCUT2D eigenvalue weighted by Crippen LogP contribution is -2.50. The first-order valence-electron chi connectivity index (χ1n) is 5.73. The van der Waals surface area contributed by atoms with Crippen LogP contribution in [-0.2, 0) is 9.53 Å². The highest BCUT2D eigenvalue weighted by Gasteiger charge is 2.35. The lowest BCUT2D eigenvalue weighted by atomic mass is 9.87. The molecule has 0 aliphatic carbocycles. The molecule has 1 heterocycles. The van der Waals surface area contributed by atoms with Crippen LogP contribution in [0.3, 0.4) is 0 Å². The zero-order chi connectivity index (χ0) is 13.1. The molecule has 0 atom stereocenters. The number of piperidine rings is 1. The minimum atomic E-state index is -0.912. The van der Waals surface area contributed by atoms with Crippen molar-refractivity contribution in [1.82, 2.24) is 4.90 Å². The van der Waals surface area contributed by atoms with Gasteiger partial charge in [-0.2, -0.15) is 0 Å². The van der Waals surface area contributed by atoms with Gasteiger partial charge in [-0.1, -0.05) is 5.57 Å². The van der Waals surface area contributed by atoms with Crippen LogP contribution in [0.2, 0.25) is 0 Å². The molecule has 0 aromatic heterocycles. The molecule has 1 aliphatic rings. The lowest BCUT2D eigenvalue weighted by Gasteiger charge is -2.41. The van der Waals surface area contributed by atoms with E-state index in [1.807, 2.05) is 13.8 Å². The molecule has 0 aromatic carbocycles. The predicted molar refractivity (Wildman–Crippen MR) is 62.8 cm³/mol. The molecule has 1 rings (SSSR count). The minimum Gasteiger partial charge on any atom is -0.465 e. The Morgan fingerprint density at radius 1 is 1.53 bits per heavy atom. The Kier molecular flexibility index (Phi) is 4.15. The quantitative estimate of drug-likeness (QED) is 0.593. The maximum Gasteiger partial charge on any atom is 0.407 e. The van der Waals surface area contributed by atoms with Gasteiger partial charge in [-0.25, -0.2) is 9.59 Å². The molecule has 1 fully saturated rings. The van der Waals surface area contributed by atoms with Crippen molar-refractivity contribution in [3.63, 3.8) is 0 Å². The smallest absolute Gasteiger partial charge is 0.407 e. The molecule has 17 heavy (non-hydrogen) atoms. The molecule has 1 N–H and O–H groups in total. The molecular formula is C12H19NO4. The van der Waals surface area contributed by atoms with Crippen LogP contribution in [-0.4, -0.2) is 40.8 Å². The van der Waals surface area contributed by atoms with E-state index in [9.17, 15) is 9.59 Å². The maximum absolute atomic E-state index is 11.3. The Morgan fingerprint density at radius 2 is 2.18 bits per heavy atom. The Balaban J connectivity index is 2.73. The lowest BCUT2D eigenvalue weighted by molar-refractivity contribution is -0.137. The molecule has 0 radical (unpaired) electrons. The van der Waals surface area contributed by atoms with Gasteiger partial charge in [-0.3, -0.25) is 0 Å².